The van der Waals surface area contributed by atoms with E-state index in [1.165, 1.54) is 18.4 Å². The Labute approximate surface area is 208 Å². The van der Waals surface area contributed by atoms with Gasteiger partial charge in [-0.3, -0.25) is 4.98 Å². The van der Waals surface area contributed by atoms with Crippen molar-refractivity contribution < 1.29 is 13.2 Å². The molecule has 1 N–H and O–H groups in total. The molecule has 0 spiro atoms. The second-order valence-electron chi connectivity index (χ2n) is 9.02. The van der Waals surface area contributed by atoms with Crippen LogP contribution in [0.3, 0.4) is 0 Å². The number of benzene rings is 2. The molecule has 35 heavy (non-hydrogen) atoms. The third-order valence-corrected chi connectivity index (χ3v) is 8.88. The standard InChI is InChI=1S/C25H24ClN5O3S/c1-14-29-25-21(24-28-11-12-31(14)24)20(15-6-8-16(26)9-7-15)18-13-19(35(32,33)30(2)3)17-5-4-10-27-22(17)23(18)34-25/h4-10,13-14,20,28H,11-12H2,1-3H3. The number of hydrogen-bond donors (Lipinski definition) is 1. The fourth-order valence-electron chi connectivity index (χ4n) is 5.08. The molecular formula is C25H24ClN5O3S. The summed E-state index contributed by atoms with van der Waals surface area (Å²) in [6.45, 7) is 3.66. The zero-order chi connectivity index (χ0) is 24.5. The van der Waals surface area contributed by atoms with Gasteiger partial charge in [-0.1, -0.05) is 23.7 Å². The molecule has 10 heteroatoms. The smallest absolute Gasteiger partial charge is 0.243 e. The Bertz CT molecular complexity index is 1530. The van der Waals surface area contributed by atoms with Gasteiger partial charge in [0.2, 0.25) is 15.9 Å². The van der Waals surface area contributed by atoms with Gasteiger partial charge < -0.3 is 15.0 Å². The highest BCUT2D eigenvalue weighted by atomic mass is 35.5. The Morgan fingerprint density at radius 3 is 2.71 bits per heavy atom. The van der Waals surface area contributed by atoms with Crippen molar-refractivity contribution in [3.63, 3.8) is 0 Å². The summed E-state index contributed by atoms with van der Waals surface area (Å²) >= 11 is 6.22. The normalized spacial score (nSPS) is 21.3. The molecule has 180 valence electrons. The van der Waals surface area contributed by atoms with E-state index in [4.69, 9.17) is 21.3 Å². The predicted octanol–water partition coefficient (Wildman–Crippen LogP) is 3.54. The molecule has 2 unspecified atom stereocenters. The second-order valence-corrected chi connectivity index (χ2v) is 11.6. The van der Waals surface area contributed by atoms with Crippen LogP contribution in [0.1, 0.15) is 24.0 Å². The summed E-state index contributed by atoms with van der Waals surface area (Å²) in [6.07, 6.45) is 1.56. The Balaban J connectivity index is 1.72. The summed E-state index contributed by atoms with van der Waals surface area (Å²) in [5.74, 6) is 1.69. The molecule has 0 bridgehead atoms. The van der Waals surface area contributed by atoms with Crippen LogP contribution < -0.4 is 10.1 Å². The number of aromatic nitrogens is 1. The maximum absolute atomic E-state index is 13.4. The Morgan fingerprint density at radius 2 is 1.97 bits per heavy atom. The molecule has 0 radical (unpaired) electrons. The van der Waals surface area contributed by atoms with E-state index in [2.05, 4.69) is 15.2 Å². The van der Waals surface area contributed by atoms with Gasteiger partial charge in [0.15, 0.2) is 5.75 Å². The summed E-state index contributed by atoms with van der Waals surface area (Å²) in [7, 11) is -0.700. The molecule has 0 amide bonds. The van der Waals surface area contributed by atoms with E-state index in [1.54, 1.807) is 24.4 Å². The van der Waals surface area contributed by atoms with E-state index in [1.807, 2.05) is 31.2 Å². The van der Waals surface area contributed by atoms with E-state index in [-0.39, 0.29) is 17.0 Å². The molecule has 0 aliphatic carbocycles. The lowest BCUT2D eigenvalue weighted by molar-refractivity contribution is 0.295. The monoisotopic (exact) mass is 509 g/mol. The van der Waals surface area contributed by atoms with Gasteiger partial charge in [-0.25, -0.2) is 17.7 Å². The molecule has 3 aliphatic rings. The van der Waals surface area contributed by atoms with Crippen molar-refractivity contribution in [1.82, 2.24) is 19.5 Å². The third-order valence-electron chi connectivity index (χ3n) is 6.77. The van der Waals surface area contributed by atoms with Crippen molar-refractivity contribution in [1.29, 1.82) is 0 Å². The fraction of sp³-hybridized carbons (Fsp3) is 0.280. The number of nitrogens with zero attached hydrogens (tertiary/aromatic N) is 4. The van der Waals surface area contributed by atoms with Gasteiger partial charge in [0.1, 0.15) is 17.5 Å². The van der Waals surface area contributed by atoms with Crippen LogP contribution in [-0.2, 0) is 10.0 Å². The third kappa shape index (κ3) is 3.33. The van der Waals surface area contributed by atoms with Crippen molar-refractivity contribution in [3.8, 4) is 5.75 Å². The number of rotatable bonds is 3. The van der Waals surface area contributed by atoms with Gasteiger partial charge in [0.05, 0.1) is 10.5 Å². The predicted molar refractivity (Wildman–Crippen MR) is 135 cm³/mol. The van der Waals surface area contributed by atoms with Crippen LogP contribution in [0.15, 0.2) is 69.9 Å². The highest BCUT2D eigenvalue weighted by molar-refractivity contribution is 7.89. The SMILES string of the molecule is CC1N=C2Oc3c(cc(S(=O)(=O)N(C)C)c4cccnc34)C(c3ccc(Cl)cc3)C2=C2NCCN21. The molecule has 3 aliphatic heterocycles. The molecule has 1 aromatic heterocycles. The molecule has 4 heterocycles. The van der Waals surface area contributed by atoms with E-state index >= 15 is 0 Å². The van der Waals surface area contributed by atoms with Gasteiger partial charge in [-0.05, 0) is 42.8 Å². The van der Waals surface area contributed by atoms with Crippen LogP contribution in [0, 0.1) is 0 Å². The largest absolute Gasteiger partial charge is 0.436 e. The minimum atomic E-state index is -3.76. The topological polar surface area (TPSA) is 87.1 Å². The van der Waals surface area contributed by atoms with E-state index in [9.17, 15) is 8.42 Å². The van der Waals surface area contributed by atoms with Crippen LogP contribution >= 0.6 is 11.6 Å². The number of pyridine rings is 1. The van der Waals surface area contributed by atoms with Gasteiger partial charge in [0, 0.05) is 55.3 Å². The van der Waals surface area contributed by atoms with Crippen molar-refractivity contribution >= 4 is 38.4 Å². The van der Waals surface area contributed by atoms with Gasteiger partial charge in [-0.2, -0.15) is 0 Å². The molecule has 1 fully saturated rings. The van der Waals surface area contributed by atoms with Crippen molar-refractivity contribution in [2.75, 3.05) is 27.2 Å². The molecule has 0 saturated carbocycles. The number of nitrogens with one attached hydrogen (secondary N) is 1. The second kappa shape index (κ2) is 7.94. The average molecular weight is 510 g/mol. The Kier molecular flexibility index (Phi) is 5.07. The number of hydrogen-bond acceptors (Lipinski definition) is 7. The van der Waals surface area contributed by atoms with Crippen LogP contribution in [0.5, 0.6) is 5.75 Å². The highest BCUT2D eigenvalue weighted by Gasteiger charge is 2.43. The minimum Gasteiger partial charge on any atom is -0.436 e. The Hall–Kier alpha value is -3.14. The molecule has 2 atom stereocenters. The van der Waals surface area contributed by atoms with Crippen LogP contribution in [0.4, 0.5) is 0 Å². The van der Waals surface area contributed by atoms with Crippen molar-refractivity contribution in [3.05, 3.63) is 76.2 Å². The number of halogens is 1. The Morgan fingerprint density at radius 1 is 1.20 bits per heavy atom. The quantitative estimate of drug-likeness (QED) is 0.581. The number of fused-ring (bicyclic) bond motifs is 5. The molecule has 1 saturated heterocycles. The van der Waals surface area contributed by atoms with E-state index < -0.39 is 10.0 Å². The first-order valence-corrected chi connectivity index (χ1v) is 13.2. The summed E-state index contributed by atoms with van der Waals surface area (Å²) < 4.78 is 34.5. The van der Waals surface area contributed by atoms with E-state index in [0.29, 0.717) is 27.6 Å². The molecule has 3 aromatic rings. The lowest BCUT2D eigenvalue weighted by Crippen LogP contribution is -2.41. The summed E-state index contributed by atoms with van der Waals surface area (Å²) in [4.78, 5) is 11.9. The van der Waals surface area contributed by atoms with E-state index in [0.717, 1.165) is 35.6 Å². The maximum atomic E-state index is 13.4. The molecule has 8 nitrogen and oxygen atoms in total. The lowest BCUT2D eigenvalue weighted by atomic mass is 9.81. The van der Waals surface area contributed by atoms with Crippen LogP contribution in [0.2, 0.25) is 5.02 Å². The first kappa shape index (κ1) is 22.3. The van der Waals surface area contributed by atoms with Crippen molar-refractivity contribution in [2.45, 2.75) is 23.9 Å². The zero-order valence-electron chi connectivity index (χ0n) is 19.5. The number of aliphatic imine (C=N–C) groups is 1. The fourth-order valence-corrected chi connectivity index (χ4v) is 6.31. The van der Waals surface area contributed by atoms with Gasteiger partial charge >= 0.3 is 0 Å². The molecule has 6 rings (SSSR count). The first-order chi connectivity index (χ1) is 16.8. The molecule has 2 aromatic carbocycles. The summed E-state index contributed by atoms with van der Waals surface area (Å²) in [5, 5.41) is 4.64. The first-order valence-electron chi connectivity index (χ1n) is 11.4. The van der Waals surface area contributed by atoms with Crippen LogP contribution in [-0.4, -0.2) is 61.9 Å². The summed E-state index contributed by atoms with van der Waals surface area (Å²) in [5.41, 5.74) is 3.06. The van der Waals surface area contributed by atoms with Gasteiger partial charge in [-0.15, -0.1) is 0 Å². The van der Waals surface area contributed by atoms with Gasteiger partial charge in [0.25, 0.3) is 0 Å². The maximum Gasteiger partial charge on any atom is 0.243 e. The zero-order valence-corrected chi connectivity index (χ0v) is 21.1. The number of ether oxygens (including phenoxy) is 1. The minimum absolute atomic E-state index is 0.0845. The summed E-state index contributed by atoms with van der Waals surface area (Å²) in [6, 6.07) is 12.8. The average Bonchev–Trinajstić information content (AvgIpc) is 3.34. The lowest BCUT2D eigenvalue weighted by Gasteiger charge is -2.38. The van der Waals surface area contributed by atoms with Crippen LogP contribution in [0.25, 0.3) is 10.9 Å². The van der Waals surface area contributed by atoms with Crippen molar-refractivity contribution in [2.24, 2.45) is 4.99 Å². The number of sulfonamides is 1. The molecular weight excluding hydrogens is 486 g/mol. The highest BCUT2D eigenvalue weighted by Crippen LogP contribution is 2.49.